The number of alkyl halides is 1. The highest BCUT2D eigenvalue weighted by Gasteiger charge is 2.05. The molecule has 1 nitrogen and oxygen atoms in total. The van der Waals surface area contributed by atoms with Crippen LogP contribution in [0, 0.1) is 5.82 Å². The standard InChI is InChI=1S/C17H18BrFO/c1-12(2)15-6-3-13(4-7-15)11-20-17-8-5-14(10-18)9-16(17)19/h3-9,12H,10-11H2,1-2H3. The second kappa shape index (κ2) is 6.89. The Morgan fingerprint density at radius 1 is 1.05 bits per heavy atom. The van der Waals surface area contributed by atoms with Crippen LogP contribution in [-0.4, -0.2) is 0 Å². The SMILES string of the molecule is CC(C)c1ccc(COc2ccc(CBr)cc2F)cc1. The van der Waals surface area contributed by atoms with Crippen LogP contribution < -0.4 is 4.74 Å². The first kappa shape index (κ1) is 15.0. The molecule has 0 radical (unpaired) electrons. The molecule has 0 heterocycles. The molecule has 0 spiro atoms. The molecular weight excluding hydrogens is 319 g/mol. The Morgan fingerprint density at radius 3 is 2.25 bits per heavy atom. The van der Waals surface area contributed by atoms with Crippen LogP contribution in [0.25, 0.3) is 0 Å². The van der Waals surface area contributed by atoms with Crippen molar-refractivity contribution in [2.75, 3.05) is 0 Å². The van der Waals surface area contributed by atoms with E-state index in [4.69, 9.17) is 4.74 Å². The van der Waals surface area contributed by atoms with Gasteiger partial charge in [-0.3, -0.25) is 0 Å². The first-order chi connectivity index (χ1) is 9.60. The van der Waals surface area contributed by atoms with Crippen molar-refractivity contribution < 1.29 is 9.13 Å². The van der Waals surface area contributed by atoms with Crippen LogP contribution in [0.4, 0.5) is 4.39 Å². The summed E-state index contributed by atoms with van der Waals surface area (Å²) in [7, 11) is 0. The van der Waals surface area contributed by atoms with Crippen molar-refractivity contribution in [3.63, 3.8) is 0 Å². The average Bonchev–Trinajstić information content (AvgIpc) is 2.46. The summed E-state index contributed by atoms with van der Waals surface area (Å²) in [6, 6.07) is 13.3. The molecule has 0 N–H and O–H groups in total. The maximum atomic E-state index is 13.8. The average molecular weight is 337 g/mol. The predicted molar refractivity (Wildman–Crippen MR) is 83.9 cm³/mol. The third kappa shape index (κ3) is 3.83. The molecule has 0 amide bonds. The van der Waals surface area contributed by atoms with E-state index in [-0.39, 0.29) is 5.82 Å². The smallest absolute Gasteiger partial charge is 0.165 e. The van der Waals surface area contributed by atoms with E-state index < -0.39 is 0 Å². The van der Waals surface area contributed by atoms with Gasteiger partial charge in [-0.2, -0.15) is 0 Å². The topological polar surface area (TPSA) is 9.23 Å². The van der Waals surface area contributed by atoms with Gasteiger partial charge in [0.15, 0.2) is 11.6 Å². The van der Waals surface area contributed by atoms with E-state index in [9.17, 15) is 4.39 Å². The van der Waals surface area contributed by atoms with Crippen molar-refractivity contribution in [2.24, 2.45) is 0 Å². The summed E-state index contributed by atoms with van der Waals surface area (Å²) < 4.78 is 19.3. The van der Waals surface area contributed by atoms with Crippen molar-refractivity contribution in [1.29, 1.82) is 0 Å². The summed E-state index contributed by atoms with van der Waals surface area (Å²) >= 11 is 3.30. The van der Waals surface area contributed by atoms with Gasteiger partial charge in [0, 0.05) is 5.33 Å². The molecule has 0 atom stereocenters. The van der Waals surface area contributed by atoms with Gasteiger partial charge in [-0.1, -0.05) is 60.1 Å². The Balaban J connectivity index is 2.01. The van der Waals surface area contributed by atoms with E-state index in [2.05, 4.69) is 41.9 Å². The molecule has 3 heteroatoms. The third-order valence-electron chi connectivity index (χ3n) is 3.19. The highest BCUT2D eigenvalue weighted by atomic mass is 79.9. The van der Waals surface area contributed by atoms with E-state index in [1.54, 1.807) is 6.07 Å². The molecule has 106 valence electrons. The minimum atomic E-state index is -0.319. The first-order valence-corrected chi connectivity index (χ1v) is 7.78. The maximum absolute atomic E-state index is 13.8. The highest BCUT2D eigenvalue weighted by molar-refractivity contribution is 9.08. The van der Waals surface area contributed by atoms with Crippen LogP contribution in [0.2, 0.25) is 0 Å². The fraction of sp³-hybridized carbons (Fsp3) is 0.294. The lowest BCUT2D eigenvalue weighted by atomic mass is 10.0. The van der Waals surface area contributed by atoms with Gasteiger partial charge >= 0.3 is 0 Å². The van der Waals surface area contributed by atoms with Crippen LogP contribution in [-0.2, 0) is 11.9 Å². The van der Waals surface area contributed by atoms with Crippen LogP contribution in [0.1, 0.15) is 36.5 Å². The zero-order valence-electron chi connectivity index (χ0n) is 11.7. The number of hydrogen-bond acceptors (Lipinski definition) is 1. The minimum absolute atomic E-state index is 0.294. The van der Waals surface area contributed by atoms with Gasteiger partial charge in [-0.05, 0) is 34.7 Å². The normalized spacial score (nSPS) is 10.8. The van der Waals surface area contributed by atoms with Crippen molar-refractivity contribution in [2.45, 2.75) is 31.7 Å². The molecular formula is C17H18BrFO. The molecule has 0 aliphatic rings. The molecule has 2 rings (SSSR count). The lowest BCUT2D eigenvalue weighted by Gasteiger charge is -2.10. The lowest BCUT2D eigenvalue weighted by molar-refractivity contribution is 0.290. The Kier molecular flexibility index (Phi) is 5.18. The number of ether oxygens (including phenoxy) is 1. The molecule has 0 saturated heterocycles. The molecule has 0 unspecified atom stereocenters. The minimum Gasteiger partial charge on any atom is -0.486 e. The Hall–Kier alpha value is -1.35. The van der Waals surface area contributed by atoms with E-state index in [0.717, 1.165) is 11.1 Å². The second-order valence-corrected chi connectivity index (χ2v) is 5.64. The van der Waals surface area contributed by atoms with Gasteiger partial charge in [-0.15, -0.1) is 0 Å². The van der Waals surface area contributed by atoms with Gasteiger partial charge in [0.25, 0.3) is 0 Å². The summed E-state index contributed by atoms with van der Waals surface area (Å²) in [5.41, 5.74) is 3.23. The maximum Gasteiger partial charge on any atom is 0.165 e. The van der Waals surface area contributed by atoms with Crippen LogP contribution in [0.3, 0.4) is 0 Å². The fourth-order valence-corrected chi connectivity index (χ4v) is 2.25. The number of benzene rings is 2. The predicted octanol–water partition coefficient (Wildman–Crippen LogP) is 5.42. The van der Waals surface area contributed by atoms with Gasteiger partial charge < -0.3 is 4.74 Å². The zero-order valence-corrected chi connectivity index (χ0v) is 13.3. The summed E-state index contributed by atoms with van der Waals surface area (Å²) in [5.74, 6) is 0.489. The third-order valence-corrected chi connectivity index (χ3v) is 3.84. The molecule has 0 saturated carbocycles. The van der Waals surface area contributed by atoms with Crippen molar-refractivity contribution in [1.82, 2.24) is 0 Å². The first-order valence-electron chi connectivity index (χ1n) is 6.66. The summed E-state index contributed by atoms with van der Waals surface area (Å²) in [5, 5.41) is 0.640. The molecule has 0 bridgehead atoms. The van der Waals surface area contributed by atoms with E-state index in [1.807, 2.05) is 18.2 Å². The van der Waals surface area contributed by atoms with Gasteiger partial charge in [-0.25, -0.2) is 4.39 Å². The van der Waals surface area contributed by atoms with Gasteiger partial charge in [0.1, 0.15) is 6.61 Å². The lowest BCUT2D eigenvalue weighted by Crippen LogP contribution is -1.98. The monoisotopic (exact) mass is 336 g/mol. The number of halogens is 2. The zero-order chi connectivity index (χ0) is 14.5. The number of hydrogen-bond donors (Lipinski definition) is 0. The van der Waals surface area contributed by atoms with Crippen molar-refractivity contribution in [3.05, 3.63) is 65.0 Å². The van der Waals surface area contributed by atoms with Crippen LogP contribution in [0.5, 0.6) is 5.75 Å². The largest absolute Gasteiger partial charge is 0.486 e. The fourth-order valence-electron chi connectivity index (χ4n) is 1.90. The quantitative estimate of drug-likeness (QED) is 0.662. The van der Waals surface area contributed by atoms with Crippen LogP contribution in [0.15, 0.2) is 42.5 Å². The second-order valence-electron chi connectivity index (χ2n) is 5.08. The summed E-state index contributed by atoms with van der Waals surface area (Å²) in [4.78, 5) is 0. The molecule has 0 aliphatic carbocycles. The van der Waals surface area contributed by atoms with E-state index >= 15 is 0 Å². The Bertz CT molecular complexity index is 564. The van der Waals surface area contributed by atoms with Gasteiger partial charge in [0.05, 0.1) is 0 Å². The van der Waals surface area contributed by atoms with Gasteiger partial charge in [0.2, 0.25) is 0 Å². The highest BCUT2D eigenvalue weighted by Crippen LogP contribution is 2.21. The van der Waals surface area contributed by atoms with Crippen molar-refractivity contribution >= 4 is 15.9 Å². The molecule has 20 heavy (non-hydrogen) atoms. The number of rotatable bonds is 5. The van der Waals surface area contributed by atoms with E-state index in [0.29, 0.717) is 23.6 Å². The molecule has 0 fully saturated rings. The summed E-state index contributed by atoms with van der Waals surface area (Å²) in [6.45, 7) is 4.70. The van der Waals surface area contributed by atoms with Crippen LogP contribution >= 0.6 is 15.9 Å². The molecule has 0 aliphatic heterocycles. The summed E-state index contributed by atoms with van der Waals surface area (Å²) in [6.07, 6.45) is 0. The van der Waals surface area contributed by atoms with E-state index in [1.165, 1.54) is 11.6 Å². The molecule has 0 aromatic heterocycles. The molecule has 2 aromatic carbocycles. The molecule has 2 aromatic rings. The van der Waals surface area contributed by atoms with Crippen molar-refractivity contribution in [3.8, 4) is 5.75 Å². The Labute approximate surface area is 127 Å². The Morgan fingerprint density at radius 2 is 1.70 bits per heavy atom.